The second kappa shape index (κ2) is 15.5. The zero-order valence-corrected chi connectivity index (χ0v) is 35.5. The molecule has 0 fully saturated rings. The molecule has 2 aliphatic carbocycles. The van der Waals surface area contributed by atoms with Gasteiger partial charge in [-0.2, -0.15) is 0 Å². The first-order chi connectivity index (χ1) is 30.3. The van der Waals surface area contributed by atoms with Crippen LogP contribution in [-0.2, 0) is 21.1 Å². The average Bonchev–Trinajstić information content (AvgIpc) is 3.33. The van der Waals surface area contributed by atoms with Gasteiger partial charge in [-0.3, -0.25) is 0 Å². The summed E-state index contributed by atoms with van der Waals surface area (Å²) in [5.41, 5.74) is 21.5. The summed E-state index contributed by atoms with van der Waals surface area (Å²) in [6.45, 7) is 0. The van der Waals surface area contributed by atoms with Crippen LogP contribution in [0, 0.1) is 12.1 Å². The third-order valence-electron chi connectivity index (χ3n) is 12.0. The molecule has 0 N–H and O–H groups in total. The summed E-state index contributed by atoms with van der Waals surface area (Å²) in [4.78, 5) is 9.90. The molecule has 0 aliphatic heterocycles. The van der Waals surface area contributed by atoms with Crippen LogP contribution in [0.25, 0.3) is 112 Å². The van der Waals surface area contributed by atoms with E-state index in [9.17, 15) is 0 Å². The summed E-state index contributed by atoms with van der Waals surface area (Å²) in [6, 6.07) is 75.7. The Bertz CT molecular complexity index is 3350. The molecular formula is C58H34N2OPt. The molecule has 0 radical (unpaired) electrons. The Hall–Kier alpha value is -7.45. The van der Waals surface area contributed by atoms with Gasteiger partial charge in [0.15, 0.2) is 0 Å². The molecule has 0 saturated carbocycles. The van der Waals surface area contributed by atoms with Crippen molar-refractivity contribution >= 4 is 0 Å². The van der Waals surface area contributed by atoms with E-state index in [0.29, 0.717) is 11.5 Å². The average molecular weight is 970 g/mol. The zero-order valence-electron chi connectivity index (χ0n) is 33.2. The minimum absolute atomic E-state index is 0. The number of pyridine rings is 2. The van der Waals surface area contributed by atoms with E-state index in [1.54, 1.807) is 0 Å². The van der Waals surface area contributed by atoms with Crippen LogP contribution in [0.2, 0.25) is 0 Å². The SMILES string of the molecule is [Pt+2].[c-]1c(Oc2[c-]c(-c3ccccn3)cc3c2-c2ccccc2-c2ccccc2-c2ccccc2-3)cccc1-c1cc2c(cn1)-c1ccccc1-c1ccccc1-c1ccccc1-2. The Morgan fingerprint density at radius 2 is 0.774 bits per heavy atom. The fourth-order valence-electron chi connectivity index (χ4n) is 9.28. The van der Waals surface area contributed by atoms with E-state index in [1.807, 2.05) is 42.7 Å². The van der Waals surface area contributed by atoms with E-state index in [2.05, 4.69) is 176 Å². The molecule has 0 bridgehead atoms. The molecule has 0 unspecified atom stereocenters. The van der Waals surface area contributed by atoms with Crippen LogP contribution >= 0.6 is 0 Å². The smallest absolute Gasteiger partial charge is 0.496 e. The van der Waals surface area contributed by atoms with Gasteiger partial charge in [0, 0.05) is 23.7 Å². The quantitative estimate of drug-likeness (QED) is 0.165. The van der Waals surface area contributed by atoms with Gasteiger partial charge >= 0.3 is 21.1 Å². The fraction of sp³-hybridized carbons (Fsp3) is 0. The summed E-state index contributed by atoms with van der Waals surface area (Å²) in [5, 5.41) is 0. The van der Waals surface area contributed by atoms with E-state index < -0.39 is 0 Å². The summed E-state index contributed by atoms with van der Waals surface area (Å²) >= 11 is 0. The molecule has 0 spiro atoms. The Labute approximate surface area is 375 Å². The van der Waals surface area contributed by atoms with Crippen molar-refractivity contribution in [3.8, 4) is 123 Å². The fourth-order valence-corrected chi connectivity index (χ4v) is 9.28. The van der Waals surface area contributed by atoms with Crippen LogP contribution in [0.5, 0.6) is 11.5 Å². The number of nitrogens with zero attached hydrogens (tertiary/aromatic N) is 2. The summed E-state index contributed by atoms with van der Waals surface area (Å²) in [7, 11) is 0. The van der Waals surface area contributed by atoms with Gasteiger partial charge in [-0.05, 0) is 95.3 Å². The van der Waals surface area contributed by atoms with Crippen molar-refractivity contribution in [3.63, 3.8) is 0 Å². The van der Waals surface area contributed by atoms with Gasteiger partial charge in [0.25, 0.3) is 0 Å². The predicted molar refractivity (Wildman–Crippen MR) is 248 cm³/mol. The van der Waals surface area contributed by atoms with Crippen LogP contribution in [-0.4, -0.2) is 9.97 Å². The molecule has 2 aromatic heterocycles. The topological polar surface area (TPSA) is 35.0 Å². The maximum absolute atomic E-state index is 7.08. The number of hydrogen-bond acceptors (Lipinski definition) is 3. The van der Waals surface area contributed by atoms with Gasteiger partial charge < -0.3 is 14.7 Å². The standard InChI is InChI=1S/C58H34N2O.Pt/c1-2-19-41-40(18-1)44-22-5-8-26-48(44)52-35-56(60-36-54(52)50-28-10-7-24-46(41)50)37-16-15-17-39(32-37)61-57-34-38(55-30-13-14-31-59-55)33-53-49-27-9-6-23-45(49)42-20-3-4-21-43(42)47-25-11-12-29-51(47)58(53)57;/h1-31,33,35-36H;/q-2;+2. The minimum atomic E-state index is 0. The number of rotatable bonds is 4. The molecule has 8 aromatic carbocycles. The molecule has 10 aromatic rings. The van der Waals surface area contributed by atoms with Crippen LogP contribution in [0.4, 0.5) is 0 Å². The predicted octanol–water partition coefficient (Wildman–Crippen LogP) is 15.2. The summed E-state index contributed by atoms with van der Waals surface area (Å²) < 4.78 is 7.08. The summed E-state index contributed by atoms with van der Waals surface area (Å²) in [6.07, 6.45) is 3.84. The van der Waals surface area contributed by atoms with Crippen molar-refractivity contribution in [2.45, 2.75) is 0 Å². The van der Waals surface area contributed by atoms with Crippen molar-refractivity contribution < 1.29 is 25.8 Å². The first kappa shape index (κ1) is 37.5. The van der Waals surface area contributed by atoms with Gasteiger partial charge in [0.2, 0.25) is 0 Å². The first-order valence-electron chi connectivity index (χ1n) is 20.6. The second-order valence-corrected chi connectivity index (χ2v) is 15.4. The van der Waals surface area contributed by atoms with E-state index in [-0.39, 0.29) is 21.1 Å². The van der Waals surface area contributed by atoms with Gasteiger partial charge in [0.1, 0.15) is 0 Å². The molecule has 2 aliphatic rings. The molecule has 2 heterocycles. The number of ether oxygens (including phenoxy) is 1. The summed E-state index contributed by atoms with van der Waals surface area (Å²) in [5.74, 6) is 1.17. The van der Waals surface area contributed by atoms with Gasteiger partial charge in [-0.1, -0.05) is 181 Å². The Balaban J connectivity index is 0.00000432. The molecule has 292 valence electrons. The van der Waals surface area contributed by atoms with Gasteiger partial charge in [-0.15, -0.1) is 35.4 Å². The number of benzene rings is 8. The third-order valence-corrected chi connectivity index (χ3v) is 12.0. The van der Waals surface area contributed by atoms with E-state index >= 15 is 0 Å². The third kappa shape index (κ3) is 6.24. The molecule has 12 rings (SSSR count). The van der Waals surface area contributed by atoms with E-state index in [1.165, 1.54) is 33.4 Å². The Morgan fingerprint density at radius 3 is 1.29 bits per heavy atom. The molecular weight excluding hydrogens is 936 g/mol. The number of fused-ring (bicyclic) bond motifs is 16. The molecule has 0 saturated heterocycles. The molecule has 0 amide bonds. The first-order valence-corrected chi connectivity index (χ1v) is 20.6. The van der Waals surface area contributed by atoms with Crippen molar-refractivity contribution in [3.05, 3.63) is 219 Å². The molecule has 0 atom stereocenters. The Kier molecular flexibility index (Phi) is 9.41. The van der Waals surface area contributed by atoms with Gasteiger partial charge in [0.05, 0.1) is 5.75 Å². The van der Waals surface area contributed by atoms with Crippen LogP contribution < -0.4 is 4.74 Å². The maximum atomic E-state index is 7.08. The van der Waals surface area contributed by atoms with Crippen molar-refractivity contribution in [2.24, 2.45) is 0 Å². The minimum Gasteiger partial charge on any atom is -0.496 e. The van der Waals surface area contributed by atoms with E-state index in [0.717, 1.165) is 78.1 Å². The normalized spacial score (nSPS) is 11.4. The maximum Gasteiger partial charge on any atom is 2.00 e. The van der Waals surface area contributed by atoms with Gasteiger partial charge in [-0.25, -0.2) is 0 Å². The van der Waals surface area contributed by atoms with Crippen LogP contribution in [0.15, 0.2) is 207 Å². The molecule has 3 nitrogen and oxygen atoms in total. The van der Waals surface area contributed by atoms with Crippen LogP contribution in [0.3, 0.4) is 0 Å². The number of hydrogen-bond donors (Lipinski definition) is 0. The molecule has 62 heavy (non-hydrogen) atoms. The van der Waals surface area contributed by atoms with Crippen molar-refractivity contribution in [1.82, 2.24) is 9.97 Å². The van der Waals surface area contributed by atoms with Crippen molar-refractivity contribution in [1.29, 1.82) is 0 Å². The van der Waals surface area contributed by atoms with Crippen molar-refractivity contribution in [2.75, 3.05) is 0 Å². The molecule has 4 heteroatoms. The Morgan fingerprint density at radius 1 is 0.323 bits per heavy atom. The zero-order chi connectivity index (χ0) is 40.3. The van der Waals surface area contributed by atoms with Crippen LogP contribution in [0.1, 0.15) is 0 Å². The monoisotopic (exact) mass is 969 g/mol. The second-order valence-electron chi connectivity index (χ2n) is 15.4. The van der Waals surface area contributed by atoms with E-state index in [4.69, 9.17) is 14.7 Å². The largest absolute Gasteiger partial charge is 2.00 e. The number of aromatic nitrogens is 2.